The Morgan fingerprint density at radius 3 is 2.48 bits per heavy atom. The second-order valence-corrected chi connectivity index (χ2v) is 8.74. The van der Waals surface area contributed by atoms with Crippen LogP contribution in [-0.2, 0) is 14.3 Å². The average molecular weight is 431 g/mol. The summed E-state index contributed by atoms with van der Waals surface area (Å²) in [6.07, 6.45) is 0.375. The van der Waals surface area contributed by atoms with Crippen molar-refractivity contribution in [2.45, 2.75) is 57.7 Å². The topological polar surface area (TPSA) is 99.1 Å². The first-order valence-corrected chi connectivity index (χ1v) is 9.90. The molecule has 0 atom stereocenters. The first-order valence-electron chi connectivity index (χ1n) is 9.52. The van der Waals surface area contributed by atoms with Gasteiger partial charge < -0.3 is 25.2 Å². The van der Waals surface area contributed by atoms with Crippen LogP contribution in [0, 0.1) is 5.82 Å². The minimum absolute atomic E-state index is 0.103. The SMILES string of the molecule is CC(C)(C)OC(=O)CC1(O)CCN(c2cc(Cl)c(NCCC(=O)O)cc2F)CC1. The zero-order valence-corrected chi connectivity index (χ0v) is 17.7. The van der Waals surface area contributed by atoms with Gasteiger partial charge in [0.1, 0.15) is 11.4 Å². The number of aliphatic hydroxyl groups is 1. The van der Waals surface area contributed by atoms with Crippen molar-refractivity contribution in [2.75, 3.05) is 29.9 Å². The van der Waals surface area contributed by atoms with Crippen LogP contribution >= 0.6 is 11.6 Å². The molecule has 1 saturated heterocycles. The molecule has 0 saturated carbocycles. The number of piperidine rings is 1. The highest BCUT2D eigenvalue weighted by Gasteiger charge is 2.36. The summed E-state index contributed by atoms with van der Waals surface area (Å²) in [5.41, 5.74) is -1.17. The number of carboxylic acids is 1. The predicted molar refractivity (Wildman–Crippen MR) is 109 cm³/mol. The lowest BCUT2D eigenvalue weighted by Gasteiger charge is -2.39. The zero-order chi connectivity index (χ0) is 21.8. The molecule has 3 N–H and O–H groups in total. The maximum absolute atomic E-state index is 14.6. The van der Waals surface area contributed by atoms with Gasteiger partial charge in [-0.1, -0.05) is 11.6 Å². The molecule has 1 aliphatic heterocycles. The van der Waals surface area contributed by atoms with E-state index in [9.17, 15) is 19.1 Å². The van der Waals surface area contributed by atoms with Crippen LogP contribution in [0.2, 0.25) is 5.02 Å². The fourth-order valence-corrected chi connectivity index (χ4v) is 3.43. The van der Waals surface area contributed by atoms with E-state index in [4.69, 9.17) is 21.4 Å². The van der Waals surface area contributed by atoms with Crippen molar-refractivity contribution in [2.24, 2.45) is 0 Å². The van der Waals surface area contributed by atoms with E-state index in [0.717, 1.165) is 0 Å². The number of ether oxygens (including phenoxy) is 1. The third-order valence-corrected chi connectivity index (χ3v) is 4.93. The minimum Gasteiger partial charge on any atom is -0.481 e. The van der Waals surface area contributed by atoms with Gasteiger partial charge >= 0.3 is 11.9 Å². The summed E-state index contributed by atoms with van der Waals surface area (Å²) in [5, 5.41) is 22.5. The molecule has 0 unspecified atom stereocenters. The Balaban J connectivity index is 1.99. The molecule has 29 heavy (non-hydrogen) atoms. The van der Waals surface area contributed by atoms with Crippen LogP contribution in [0.3, 0.4) is 0 Å². The molecule has 0 radical (unpaired) electrons. The van der Waals surface area contributed by atoms with Gasteiger partial charge in [0.15, 0.2) is 0 Å². The number of carboxylic acid groups (broad SMARTS) is 1. The Morgan fingerprint density at radius 1 is 1.31 bits per heavy atom. The summed E-state index contributed by atoms with van der Waals surface area (Å²) in [4.78, 5) is 24.4. The second kappa shape index (κ2) is 9.17. The molecule has 0 amide bonds. The number of hydrogen-bond donors (Lipinski definition) is 3. The molecule has 162 valence electrons. The molecule has 2 rings (SSSR count). The number of hydrogen-bond acceptors (Lipinski definition) is 6. The highest BCUT2D eigenvalue weighted by molar-refractivity contribution is 6.33. The summed E-state index contributed by atoms with van der Waals surface area (Å²) in [6, 6.07) is 2.72. The number of halogens is 2. The molecule has 1 fully saturated rings. The van der Waals surface area contributed by atoms with Gasteiger partial charge in [0.25, 0.3) is 0 Å². The summed E-state index contributed by atoms with van der Waals surface area (Å²) in [6.45, 7) is 6.16. The number of carbonyl (C=O) groups is 2. The van der Waals surface area contributed by atoms with Crippen molar-refractivity contribution in [3.63, 3.8) is 0 Å². The standard InChI is InChI=1S/C20H28ClFN2O5/c1-19(2,3)29-18(27)12-20(28)5-8-24(9-6-20)16-10-13(21)15(11-14(16)22)23-7-4-17(25)26/h10-11,23,28H,4-9,12H2,1-3H3,(H,25,26). The van der Waals surface area contributed by atoms with E-state index in [1.165, 1.54) is 12.1 Å². The van der Waals surface area contributed by atoms with E-state index >= 15 is 0 Å². The third kappa shape index (κ3) is 7.04. The van der Waals surface area contributed by atoms with Crippen LogP contribution in [0.4, 0.5) is 15.8 Å². The quantitative estimate of drug-likeness (QED) is 0.570. The van der Waals surface area contributed by atoms with Crippen LogP contribution in [0.5, 0.6) is 0 Å². The van der Waals surface area contributed by atoms with Gasteiger partial charge in [-0.2, -0.15) is 0 Å². The molecule has 0 aliphatic carbocycles. The monoisotopic (exact) mass is 430 g/mol. The van der Waals surface area contributed by atoms with Crippen LogP contribution in [-0.4, -0.2) is 53.0 Å². The zero-order valence-electron chi connectivity index (χ0n) is 16.9. The molecule has 0 aromatic heterocycles. The highest BCUT2D eigenvalue weighted by atomic mass is 35.5. The molecule has 1 heterocycles. The Kier molecular flexibility index (Phi) is 7.35. The van der Waals surface area contributed by atoms with Gasteiger partial charge in [0.05, 0.1) is 34.8 Å². The average Bonchev–Trinajstić information content (AvgIpc) is 2.56. The first kappa shape index (κ1) is 23.2. The largest absolute Gasteiger partial charge is 0.481 e. The molecule has 1 aromatic rings. The maximum Gasteiger partial charge on any atom is 0.309 e. The van der Waals surface area contributed by atoms with Crippen molar-refractivity contribution < 1.29 is 28.9 Å². The molecule has 0 bridgehead atoms. The maximum atomic E-state index is 14.6. The van der Waals surface area contributed by atoms with Crippen LogP contribution in [0.1, 0.15) is 46.5 Å². The first-order chi connectivity index (χ1) is 13.4. The van der Waals surface area contributed by atoms with E-state index in [1.54, 1.807) is 25.7 Å². The number of rotatable bonds is 7. The van der Waals surface area contributed by atoms with Gasteiger partial charge in [-0.15, -0.1) is 0 Å². The fourth-order valence-electron chi connectivity index (χ4n) is 3.21. The predicted octanol–water partition coefficient (Wildman–Crippen LogP) is 3.43. The van der Waals surface area contributed by atoms with Crippen LogP contribution in [0.15, 0.2) is 12.1 Å². The summed E-state index contributed by atoms with van der Waals surface area (Å²) < 4.78 is 19.9. The molecule has 0 spiro atoms. The third-order valence-electron chi connectivity index (χ3n) is 4.62. The Hall–Kier alpha value is -2.06. The van der Waals surface area contributed by atoms with Gasteiger partial charge in [0, 0.05) is 25.7 Å². The summed E-state index contributed by atoms with van der Waals surface area (Å²) in [5.74, 6) is -1.91. The lowest BCUT2D eigenvalue weighted by atomic mass is 9.88. The van der Waals surface area contributed by atoms with Crippen molar-refractivity contribution >= 4 is 34.9 Å². The number of anilines is 2. The van der Waals surface area contributed by atoms with Crippen LogP contribution in [0.25, 0.3) is 0 Å². The molecule has 9 heteroatoms. The molecular formula is C20H28ClFN2O5. The number of nitrogens with zero attached hydrogens (tertiary/aromatic N) is 1. The van der Waals surface area contributed by atoms with Crippen molar-refractivity contribution in [1.29, 1.82) is 0 Å². The van der Waals surface area contributed by atoms with Gasteiger partial charge in [-0.3, -0.25) is 9.59 Å². The van der Waals surface area contributed by atoms with E-state index < -0.39 is 29.0 Å². The number of nitrogens with one attached hydrogen (secondary N) is 1. The molecule has 7 nitrogen and oxygen atoms in total. The van der Waals surface area contributed by atoms with E-state index in [0.29, 0.717) is 37.3 Å². The number of aliphatic carboxylic acids is 1. The highest BCUT2D eigenvalue weighted by Crippen LogP contribution is 2.35. The second-order valence-electron chi connectivity index (χ2n) is 8.33. The lowest BCUT2D eigenvalue weighted by Crippen LogP contribution is -2.46. The molecule has 1 aromatic carbocycles. The van der Waals surface area contributed by atoms with Gasteiger partial charge in [0.2, 0.25) is 0 Å². The lowest BCUT2D eigenvalue weighted by molar-refractivity contribution is -0.161. The number of esters is 1. The fraction of sp³-hybridized carbons (Fsp3) is 0.600. The molecule has 1 aliphatic rings. The smallest absolute Gasteiger partial charge is 0.309 e. The minimum atomic E-state index is -1.18. The van der Waals surface area contributed by atoms with E-state index in [2.05, 4.69) is 5.32 Å². The van der Waals surface area contributed by atoms with Crippen molar-refractivity contribution in [3.05, 3.63) is 23.0 Å². The van der Waals surface area contributed by atoms with Gasteiger partial charge in [-0.05, 0) is 39.7 Å². The van der Waals surface area contributed by atoms with E-state index in [-0.39, 0.29) is 24.4 Å². The molecular weight excluding hydrogens is 403 g/mol. The Bertz CT molecular complexity index is 758. The normalized spacial score (nSPS) is 16.4. The Morgan fingerprint density at radius 2 is 1.93 bits per heavy atom. The number of carbonyl (C=O) groups excluding carboxylic acids is 1. The van der Waals surface area contributed by atoms with E-state index in [1.807, 2.05) is 0 Å². The van der Waals surface area contributed by atoms with Crippen molar-refractivity contribution in [1.82, 2.24) is 0 Å². The summed E-state index contributed by atoms with van der Waals surface area (Å²) >= 11 is 6.21. The summed E-state index contributed by atoms with van der Waals surface area (Å²) in [7, 11) is 0. The Labute approximate surface area is 174 Å². The number of benzene rings is 1. The van der Waals surface area contributed by atoms with Crippen LogP contribution < -0.4 is 10.2 Å². The van der Waals surface area contributed by atoms with Crippen molar-refractivity contribution in [3.8, 4) is 0 Å². The van der Waals surface area contributed by atoms with Gasteiger partial charge in [-0.25, -0.2) is 4.39 Å².